The number of halogens is 1. The normalized spacial score (nSPS) is 10.2. The summed E-state index contributed by atoms with van der Waals surface area (Å²) in [5.41, 5.74) is 2.20. The Morgan fingerprint density at radius 2 is 1.94 bits per heavy atom. The first-order valence-electron chi connectivity index (χ1n) is 5.78. The van der Waals surface area contributed by atoms with E-state index in [1.807, 2.05) is 25.1 Å². The van der Waals surface area contributed by atoms with E-state index in [0.29, 0.717) is 0 Å². The third-order valence-corrected chi connectivity index (χ3v) is 3.32. The van der Waals surface area contributed by atoms with Crippen LogP contribution in [-0.4, -0.2) is 16.5 Å². The number of benzene rings is 1. The summed E-state index contributed by atoms with van der Waals surface area (Å²) in [6.45, 7) is 4.93. The first kappa shape index (κ1) is 12.8. The summed E-state index contributed by atoms with van der Waals surface area (Å²) in [6, 6.07) is 8.00. The van der Waals surface area contributed by atoms with Gasteiger partial charge in [-0.3, -0.25) is 0 Å². The smallest absolute Gasteiger partial charge is 0.135 e. The molecular formula is C13H15BrN4. The minimum absolute atomic E-state index is 0.775. The van der Waals surface area contributed by atoms with Gasteiger partial charge in [-0.05, 0) is 31.5 Å². The van der Waals surface area contributed by atoms with Gasteiger partial charge in [-0.25, -0.2) is 9.97 Å². The van der Waals surface area contributed by atoms with Crippen LogP contribution in [-0.2, 0) is 0 Å². The predicted molar refractivity (Wildman–Crippen MR) is 78.4 cm³/mol. The van der Waals surface area contributed by atoms with E-state index in [9.17, 15) is 0 Å². The lowest BCUT2D eigenvalue weighted by atomic mass is 10.2. The molecule has 5 heteroatoms. The zero-order chi connectivity index (χ0) is 13.0. The number of aryl methyl sites for hydroxylation is 1. The lowest BCUT2D eigenvalue weighted by molar-refractivity contribution is 1.11. The number of nitrogens with one attached hydrogen (secondary N) is 2. The monoisotopic (exact) mass is 306 g/mol. The minimum Gasteiger partial charge on any atom is -0.370 e. The molecule has 94 valence electrons. The van der Waals surface area contributed by atoms with E-state index in [2.05, 4.69) is 49.5 Å². The molecule has 0 saturated carbocycles. The SMILES string of the molecule is CCNc1cc(Nc2ccc(C)c(Br)c2)ncn1. The van der Waals surface area contributed by atoms with E-state index < -0.39 is 0 Å². The Balaban J connectivity index is 2.17. The third-order valence-electron chi connectivity index (χ3n) is 2.47. The molecule has 2 aromatic rings. The fraction of sp³-hybridized carbons (Fsp3) is 0.231. The van der Waals surface area contributed by atoms with Gasteiger partial charge >= 0.3 is 0 Å². The maximum atomic E-state index is 4.19. The maximum Gasteiger partial charge on any atom is 0.135 e. The standard InChI is InChI=1S/C13H15BrN4/c1-3-15-12-7-13(17-8-16-12)18-10-5-4-9(2)11(14)6-10/h4-8H,3H2,1-2H3,(H2,15,16,17,18). The Morgan fingerprint density at radius 3 is 2.67 bits per heavy atom. The highest BCUT2D eigenvalue weighted by Gasteiger charge is 2.01. The largest absolute Gasteiger partial charge is 0.370 e. The van der Waals surface area contributed by atoms with Crippen molar-refractivity contribution in [3.63, 3.8) is 0 Å². The van der Waals surface area contributed by atoms with Crippen molar-refractivity contribution in [3.8, 4) is 0 Å². The summed E-state index contributed by atoms with van der Waals surface area (Å²) >= 11 is 3.51. The molecule has 0 unspecified atom stereocenters. The van der Waals surface area contributed by atoms with Gasteiger partial charge in [-0.2, -0.15) is 0 Å². The lowest BCUT2D eigenvalue weighted by Crippen LogP contribution is -2.01. The molecule has 0 bridgehead atoms. The molecule has 2 N–H and O–H groups in total. The van der Waals surface area contributed by atoms with Gasteiger partial charge in [0, 0.05) is 22.8 Å². The first-order chi connectivity index (χ1) is 8.69. The summed E-state index contributed by atoms with van der Waals surface area (Å²) in [6.07, 6.45) is 1.55. The Morgan fingerprint density at radius 1 is 1.17 bits per heavy atom. The summed E-state index contributed by atoms with van der Waals surface area (Å²) in [4.78, 5) is 8.32. The number of rotatable bonds is 4. The second kappa shape index (κ2) is 5.82. The van der Waals surface area contributed by atoms with Crippen LogP contribution in [0.1, 0.15) is 12.5 Å². The van der Waals surface area contributed by atoms with Crippen LogP contribution in [0.15, 0.2) is 35.1 Å². The molecule has 0 radical (unpaired) electrons. The van der Waals surface area contributed by atoms with Crippen LogP contribution in [0.5, 0.6) is 0 Å². The highest BCUT2D eigenvalue weighted by atomic mass is 79.9. The van der Waals surface area contributed by atoms with Crippen molar-refractivity contribution in [3.05, 3.63) is 40.6 Å². The topological polar surface area (TPSA) is 49.8 Å². The number of hydrogen-bond acceptors (Lipinski definition) is 4. The van der Waals surface area contributed by atoms with Crippen molar-refractivity contribution in [1.82, 2.24) is 9.97 Å². The van der Waals surface area contributed by atoms with Crippen LogP contribution in [0.25, 0.3) is 0 Å². The lowest BCUT2D eigenvalue weighted by Gasteiger charge is -2.08. The van der Waals surface area contributed by atoms with Gasteiger partial charge in [0.25, 0.3) is 0 Å². The molecule has 1 aromatic carbocycles. The molecule has 18 heavy (non-hydrogen) atoms. The van der Waals surface area contributed by atoms with E-state index >= 15 is 0 Å². The van der Waals surface area contributed by atoms with Crippen molar-refractivity contribution in [2.75, 3.05) is 17.2 Å². The number of nitrogens with zero attached hydrogens (tertiary/aromatic N) is 2. The van der Waals surface area contributed by atoms with Crippen LogP contribution in [0.4, 0.5) is 17.3 Å². The zero-order valence-electron chi connectivity index (χ0n) is 10.4. The second-order valence-electron chi connectivity index (χ2n) is 3.91. The fourth-order valence-corrected chi connectivity index (χ4v) is 1.90. The average molecular weight is 307 g/mol. The Bertz CT molecular complexity index is 542. The molecule has 0 aliphatic rings. The van der Waals surface area contributed by atoms with E-state index in [1.54, 1.807) is 6.33 Å². The Labute approximate surface area is 115 Å². The average Bonchev–Trinajstić information content (AvgIpc) is 2.35. The molecule has 0 amide bonds. The molecular weight excluding hydrogens is 292 g/mol. The Kier molecular flexibility index (Phi) is 4.15. The van der Waals surface area contributed by atoms with Crippen molar-refractivity contribution in [2.45, 2.75) is 13.8 Å². The predicted octanol–water partition coefficient (Wildman–Crippen LogP) is 3.72. The second-order valence-corrected chi connectivity index (χ2v) is 4.76. The van der Waals surface area contributed by atoms with Crippen molar-refractivity contribution in [1.29, 1.82) is 0 Å². The van der Waals surface area contributed by atoms with Gasteiger partial charge in [-0.1, -0.05) is 22.0 Å². The highest BCUT2D eigenvalue weighted by molar-refractivity contribution is 9.10. The summed E-state index contributed by atoms with van der Waals surface area (Å²) in [5.74, 6) is 1.60. The molecule has 0 saturated heterocycles. The summed E-state index contributed by atoms with van der Waals surface area (Å²) in [5, 5.41) is 6.40. The molecule has 1 heterocycles. The van der Waals surface area contributed by atoms with Crippen molar-refractivity contribution >= 4 is 33.3 Å². The van der Waals surface area contributed by atoms with Crippen LogP contribution < -0.4 is 10.6 Å². The quantitative estimate of drug-likeness (QED) is 0.904. The molecule has 2 rings (SSSR count). The fourth-order valence-electron chi connectivity index (χ4n) is 1.52. The maximum absolute atomic E-state index is 4.19. The highest BCUT2D eigenvalue weighted by Crippen LogP contribution is 2.23. The van der Waals surface area contributed by atoms with Crippen LogP contribution in [0.2, 0.25) is 0 Å². The van der Waals surface area contributed by atoms with Gasteiger partial charge in [0.15, 0.2) is 0 Å². The van der Waals surface area contributed by atoms with Crippen LogP contribution in [0.3, 0.4) is 0 Å². The zero-order valence-corrected chi connectivity index (χ0v) is 12.0. The van der Waals surface area contributed by atoms with Gasteiger partial charge in [0.1, 0.15) is 18.0 Å². The molecule has 0 aliphatic heterocycles. The third kappa shape index (κ3) is 3.20. The number of aromatic nitrogens is 2. The first-order valence-corrected chi connectivity index (χ1v) is 6.57. The number of hydrogen-bond donors (Lipinski definition) is 2. The van der Waals surface area contributed by atoms with E-state index in [0.717, 1.165) is 28.3 Å². The van der Waals surface area contributed by atoms with Gasteiger partial charge in [0.2, 0.25) is 0 Å². The molecule has 0 atom stereocenters. The Hall–Kier alpha value is -1.62. The van der Waals surface area contributed by atoms with Crippen LogP contribution >= 0.6 is 15.9 Å². The molecule has 1 aromatic heterocycles. The van der Waals surface area contributed by atoms with E-state index in [4.69, 9.17) is 0 Å². The van der Waals surface area contributed by atoms with Crippen molar-refractivity contribution in [2.24, 2.45) is 0 Å². The van der Waals surface area contributed by atoms with E-state index in [1.165, 1.54) is 5.56 Å². The van der Waals surface area contributed by atoms with Gasteiger partial charge < -0.3 is 10.6 Å². The molecule has 0 aliphatic carbocycles. The summed E-state index contributed by atoms with van der Waals surface area (Å²) < 4.78 is 1.08. The van der Waals surface area contributed by atoms with Gasteiger partial charge in [0.05, 0.1) is 0 Å². The van der Waals surface area contributed by atoms with E-state index in [-0.39, 0.29) is 0 Å². The minimum atomic E-state index is 0.775. The van der Waals surface area contributed by atoms with Crippen LogP contribution in [0, 0.1) is 6.92 Å². The molecule has 0 spiro atoms. The molecule has 0 fully saturated rings. The molecule has 4 nitrogen and oxygen atoms in total. The van der Waals surface area contributed by atoms with Crippen molar-refractivity contribution < 1.29 is 0 Å². The summed E-state index contributed by atoms with van der Waals surface area (Å²) in [7, 11) is 0. The van der Waals surface area contributed by atoms with Gasteiger partial charge in [-0.15, -0.1) is 0 Å². The number of anilines is 3.